The van der Waals surface area contributed by atoms with Gasteiger partial charge in [0.05, 0.1) is 12.9 Å². The summed E-state index contributed by atoms with van der Waals surface area (Å²) in [5, 5.41) is 11.5. The van der Waals surface area contributed by atoms with E-state index in [2.05, 4.69) is 15.5 Å². The van der Waals surface area contributed by atoms with Gasteiger partial charge in [-0.3, -0.25) is 4.79 Å². The summed E-state index contributed by atoms with van der Waals surface area (Å²) >= 11 is 6.97. The van der Waals surface area contributed by atoms with E-state index in [0.29, 0.717) is 35.3 Å². The van der Waals surface area contributed by atoms with Crippen molar-refractivity contribution in [2.45, 2.75) is 29.4 Å². The molecular formula is C22H23ClN4O5S2. The van der Waals surface area contributed by atoms with Crippen molar-refractivity contribution in [1.82, 2.24) is 14.5 Å². The first-order chi connectivity index (χ1) is 16.4. The van der Waals surface area contributed by atoms with Crippen molar-refractivity contribution in [1.29, 1.82) is 0 Å². The normalized spacial score (nSPS) is 14.6. The van der Waals surface area contributed by atoms with Crippen LogP contribution in [0.25, 0.3) is 11.5 Å². The van der Waals surface area contributed by atoms with Crippen LogP contribution in [0.15, 0.2) is 57.0 Å². The van der Waals surface area contributed by atoms with E-state index in [1.54, 1.807) is 30.3 Å². The number of anilines is 1. The number of ether oxygens (including phenoxy) is 1. The molecule has 1 amide bonds. The summed E-state index contributed by atoms with van der Waals surface area (Å²) in [5.74, 6) is 0.214. The number of carbonyl (C=O) groups excluding carboxylic acids is 1. The van der Waals surface area contributed by atoms with Crippen LogP contribution in [0.2, 0.25) is 5.02 Å². The van der Waals surface area contributed by atoms with E-state index in [1.807, 2.05) is 0 Å². The minimum atomic E-state index is -3.73. The number of halogens is 1. The molecule has 9 nitrogen and oxygen atoms in total. The highest BCUT2D eigenvalue weighted by Crippen LogP contribution is 2.31. The number of thioether (sulfide) groups is 1. The first-order valence-electron chi connectivity index (χ1n) is 10.6. The number of rotatable bonds is 8. The highest BCUT2D eigenvalue weighted by molar-refractivity contribution is 7.99. The van der Waals surface area contributed by atoms with Gasteiger partial charge < -0.3 is 14.5 Å². The molecule has 0 saturated carbocycles. The molecule has 180 valence electrons. The number of hydrogen-bond acceptors (Lipinski definition) is 8. The minimum absolute atomic E-state index is 0.00247. The lowest BCUT2D eigenvalue weighted by atomic mass is 10.2. The Morgan fingerprint density at radius 1 is 1.15 bits per heavy atom. The van der Waals surface area contributed by atoms with Gasteiger partial charge in [0.25, 0.3) is 5.22 Å². The lowest BCUT2D eigenvalue weighted by Crippen LogP contribution is -2.35. The Hall–Kier alpha value is -2.60. The van der Waals surface area contributed by atoms with Gasteiger partial charge in [-0.05, 0) is 55.3 Å². The van der Waals surface area contributed by atoms with Gasteiger partial charge in [-0.1, -0.05) is 29.8 Å². The number of amides is 1. The highest BCUT2D eigenvalue weighted by atomic mass is 35.5. The van der Waals surface area contributed by atoms with Gasteiger partial charge in [-0.2, -0.15) is 4.31 Å². The summed E-state index contributed by atoms with van der Waals surface area (Å²) in [7, 11) is -2.32. The molecule has 3 aromatic rings. The van der Waals surface area contributed by atoms with E-state index in [0.717, 1.165) is 31.0 Å². The number of hydrogen-bond donors (Lipinski definition) is 1. The summed E-state index contributed by atoms with van der Waals surface area (Å²) in [5.41, 5.74) is 1.07. The zero-order chi connectivity index (χ0) is 24.1. The lowest BCUT2D eigenvalue weighted by Gasteiger charge is -2.26. The number of carbonyl (C=O) groups is 1. The summed E-state index contributed by atoms with van der Waals surface area (Å²) in [6, 6.07) is 11.5. The van der Waals surface area contributed by atoms with Gasteiger partial charge >= 0.3 is 0 Å². The number of sulfonamides is 1. The maximum absolute atomic E-state index is 13.1. The Morgan fingerprint density at radius 3 is 2.59 bits per heavy atom. The van der Waals surface area contributed by atoms with Crippen LogP contribution in [-0.2, 0) is 14.8 Å². The van der Waals surface area contributed by atoms with Crippen molar-refractivity contribution >= 4 is 45.0 Å². The summed E-state index contributed by atoms with van der Waals surface area (Å²) in [6.07, 6.45) is 2.66. The third-order valence-corrected chi connectivity index (χ3v) is 8.19. The first-order valence-corrected chi connectivity index (χ1v) is 13.4. The van der Waals surface area contributed by atoms with E-state index in [1.165, 1.54) is 23.5 Å². The van der Waals surface area contributed by atoms with Crippen molar-refractivity contribution in [2.75, 3.05) is 31.3 Å². The highest BCUT2D eigenvalue weighted by Gasteiger charge is 2.29. The maximum Gasteiger partial charge on any atom is 0.277 e. The van der Waals surface area contributed by atoms with Crippen LogP contribution in [-0.4, -0.2) is 54.8 Å². The molecule has 34 heavy (non-hydrogen) atoms. The third kappa shape index (κ3) is 5.72. The fourth-order valence-corrected chi connectivity index (χ4v) is 5.89. The molecule has 12 heteroatoms. The van der Waals surface area contributed by atoms with Crippen molar-refractivity contribution in [3.05, 3.63) is 47.5 Å². The van der Waals surface area contributed by atoms with Crippen molar-refractivity contribution < 1.29 is 22.4 Å². The molecule has 0 unspecified atom stereocenters. The molecular weight excluding hydrogens is 500 g/mol. The van der Waals surface area contributed by atoms with Gasteiger partial charge in [0.1, 0.15) is 10.6 Å². The number of methoxy groups -OCH3 is 1. The first kappa shape index (κ1) is 24.5. The zero-order valence-corrected chi connectivity index (χ0v) is 20.8. The molecule has 1 N–H and O–H groups in total. The Balaban J connectivity index is 1.41. The second-order valence-electron chi connectivity index (χ2n) is 7.55. The SMILES string of the molecule is COc1ccc(NC(=O)CSc2nnc(-c3ccc(Cl)cc3)o2)cc1S(=O)(=O)N1CCCCC1. The maximum atomic E-state index is 13.1. The second kappa shape index (κ2) is 10.8. The molecule has 1 fully saturated rings. The lowest BCUT2D eigenvalue weighted by molar-refractivity contribution is -0.113. The fourth-order valence-electron chi connectivity index (χ4n) is 3.50. The van der Waals surface area contributed by atoms with Gasteiger partial charge in [0, 0.05) is 29.4 Å². The Morgan fingerprint density at radius 2 is 1.88 bits per heavy atom. The van der Waals surface area contributed by atoms with Crippen LogP contribution in [0.3, 0.4) is 0 Å². The quantitative estimate of drug-likeness (QED) is 0.435. The predicted molar refractivity (Wildman–Crippen MR) is 130 cm³/mol. The van der Waals surface area contributed by atoms with E-state index in [9.17, 15) is 13.2 Å². The fraction of sp³-hybridized carbons (Fsp3) is 0.318. The van der Waals surface area contributed by atoms with Crippen molar-refractivity contribution in [3.63, 3.8) is 0 Å². The molecule has 4 rings (SSSR count). The molecule has 2 aromatic carbocycles. The smallest absolute Gasteiger partial charge is 0.277 e. The predicted octanol–water partition coefficient (Wildman–Crippen LogP) is 4.30. The molecule has 1 aromatic heterocycles. The van der Waals surface area contributed by atoms with Crippen LogP contribution in [0.1, 0.15) is 19.3 Å². The van der Waals surface area contributed by atoms with E-state index < -0.39 is 10.0 Å². The second-order valence-corrected chi connectivity index (χ2v) is 10.8. The Kier molecular flexibility index (Phi) is 7.77. The van der Waals surface area contributed by atoms with Gasteiger partial charge in [0.15, 0.2) is 0 Å². The Labute approximate surface area is 206 Å². The molecule has 0 radical (unpaired) electrons. The number of nitrogens with zero attached hydrogens (tertiary/aromatic N) is 3. The molecule has 0 aliphatic carbocycles. The number of aromatic nitrogens is 2. The number of nitrogens with one attached hydrogen (secondary N) is 1. The van der Waals surface area contributed by atoms with Crippen LogP contribution in [0.5, 0.6) is 5.75 Å². The summed E-state index contributed by atoms with van der Waals surface area (Å²) < 4.78 is 38.6. The van der Waals surface area contributed by atoms with E-state index >= 15 is 0 Å². The largest absolute Gasteiger partial charge is 0.495 e. The van der Waals surface area contributed by atoms with Crippen LogP contribution in [0, 0.1) is 0 Å². The standard InChI is InChI=1S/C22H23ClN4O5S2/c1-31-18-10-9-17(13-19(18)34(29,30)27-11-3-2-4-12-27)24-20(28)14-33-22-26-25-21(32-22)15-5-7-16(23)8-6-15/h5-10,13H,2-4,11-12,14H2,1H3,(H,24,28). The average molecular weight is 523 g/mol. The van der Waals surface area contributed by atoms with Crippen LogP contribution < -0.4 is 10.1 Å². The van der Waals surface area contributed by atoms with Crippen LogP contribution >= 0.6 is 23.4 Å². The van der Waals surface area contributed by atoms with Gasteiger partial charge in [-0.25, -0.2) is 8.42 Å². The minimum Gasteiger partial charge on any atom is -0.495 e. The molecule has 2 heterocycles. The molecule has 0 atom stereocenters. The van der Waals surface area contributed by atoms with E-state index in [4.69, 9.17) is 20.8 Å². The third-order valence-electron chi connectivity index (χ3n) is 5.20. The van der Waals surface area contributed by atoms with Gasteiger partial charge in [0.2, 0.25) is 21.8 Å². The summed E-state index contributed by atoms with van der Waals surface area (Å²) in [4.78, 5) is 12.5. The Bertz CT molecular complexity index is 1260. The molecule has 1 aliphatic heterocycles. The molecule has 1 saturated heterocycles. The number of piperidine rings is 1. The molecule has 1 aliphatic rings. The van der Waals surface area contributed by atoms with Crippen molar-refractivity contribution in [2.24, 2.45) is 0 Å². The van der Waals surface area contributed by atoms with Gasteiger partial charge in [-0.15, -0.1) is 10.2 Å². The number of benzene rings is 2. The molecule has 0 spiro atoms. The topological polar surface area (TPSA) is 115 Å². The summed E-state index contributed by atoms with van der Waals surface area (Å²) in [6.45, 7) is 0.946. The monoisotopic (exact) mass is 522 g/mol. The average Bonchev–Trinajstić information content (AvgIpc) is 3.33. The molecule has 0 bridgehead atoms. The van der Waals surface area contributed by atoms with Crippen molar-refractivity contribution in [3.8, 4) is 17.2 Å². The zero-order valence-electron chi connectivity index (χ0n) is 18.4. The van der Waals surface area contributed by atoms with E-state index in [-0.39, 0.29) is 27.5 Å². The van der Waals surface area contributed by atoms with Crippen LogP contribution in [0.4, 0.5) is 5.69 Å².